The average molecular weight is 599 g/mol. The molecule has 0 spiro atoms. The van der Waals surface area contributed by atoms with Gasteiger partial charge in [0.2, 0.25) is 5.95 Å². The van der Waals surface area contributed by atoms with E-state index in [0.717, 1.165) is 5.56 Å². The van der Waals surface area contributed by atoms with Crippen LogP contribution in [0.25, 0.3) is 0 Å². The summed E-state index contributed by atoms with van der Waals surface area (Å²) in [7, 11) is 0. The molecular formula is C31H36ClFN4O5. The van der Waals surface area contributed by atoms with Crippen LogP contribution >= 0.6 is 11.6 Å². The smallest absolute Gasteiger partial charge is 0.410 e. The second kappa shape index (κ2) is 13.6. The van der Waals surface area contributed by atoms with Crippen LogP contribution in [0.15, 0.2) is 60.9 Å². The summed E-state index contributed by atoms with van der Waals surface area (Å²) in [5.41, 5.74) is 1.37. The Morgan fingerprint density at radius 1 is 1.14 bits per heavy atom. The molecule has 0 saturated carbocycles. The molecule has 0 unspecified atom stereocenters. The third-order valence-corrected chi connectivity index (χ3v) is 7.36. The first kappa shape index (κ1) is 31.3. The molecule has 1 aliphatic rings. The summed E-state index contributed by atoms with van der Waals surface area (Å²) < 4.78 is 19.8. The Kier molecular flexibility index (Phi) is 10.1. The number of carbonyl (C=O) groups is 2. The van der Waals surface area contributed by atoms with Crippen molar-refractivity contribution in [3.63, 3.8) is 0 Å². The summed E-state index contributed by atoms with van der Waals surface area (Å²) in [6.07, 6.45) is 3.04. The summed E-state index contributed by atoms with van der Waals surface area (Å²) in [5, 5.41) is 21.0. The summed E-state index contributed by atoms with van der Waals surface area (Å²) >= 11 is 5.92. The lowest BCUT2D eigenvalue weighted by Crippen LogP contribution is -2.47. The van der Waals surface area contributed by atoms with Crippen molar-refractivity contribution in [1.82, 2.24) is 19.8 Å². The Morgan fingerprint density at radius 3 is 2.50 bits per heavy atom. The van der Waals surface area contributed by atoms with Gasteiger partial charge in [0.15, 0.2) is 0 Å². The van der Waals surface area contributed by atoms with Gasteiger partial charge in [0, 0.05) is 41.7 Å². The number of hydrogen-bond acceptors (Lipinski definition) is 7. The van der Waals surface area contributed by atoms with Gasteiger partial charge in [0.05, 0.1) is 19.2 Å². The lowest BCUT2D eigenvalue weighted by molar-refractivity contribution is -0.00459. The molecule has 4 rings (SSSR count). The van der Waals surface area contributed by atoms with Crippen LogP contribution in [0.4, 0.5) is 9.18 Å². The standard InChI is InChI=1S/C31H36ClFN4O5/c1-31(2,3)42-30(41)37-24(11-12-25(37)27(39)22-10-13-26(32)35-18-22)17-20-6-8-21(9-7-20)29(40)36(15-16-38)19-23-5-4-14-34-28(23)33/h4-10,13-14,18,24-25,27,38-39H,11-12,15-17,19H2,1-3H3/t24-,25+,27+/m0/s1. The molecule has 2 aromatic heterocycles. The summed E-state index contributed by atoms with van der Waals surface area (Å²) in [6, 6.07) is 12.7. The number of aliphatic hydroxyl groups excluding tert-OH is 2. The molecule has 224 valence electrons. The molecule has 11 heteroatoms. The topological polar surface area (TPSA) is 116 Å². The van der Waals surface area contributed by atoms with E-state index < -0.39 is 29.8 Å². The van der Waals surface area contributed by atoms with E-state index >= 15 is 0 Å². The Bertz CT molecular complexity index is 1370. The maximum atomic E-state index is 14.1. The third kappa shape index (κ3) is 7.81. The van der Waals surface area contributed by atoms with Gasteiger partial charge in [0.25, 0.3) is 5.91 Å². The predicted molar refractivity (Wildman–Crippen MR) is 155 cm³/mol. The Morgan fingerprint density at radius 2 is 1.88 bits per heavy atom. The van der Waals surface area contributed by atoms with Crippen LogP contribution in [0.3, 0.4) is 0 Å². The normalized spacial score (nSPS) is 17.6. The number of pyridine rings is 2. The fraction of sp³-hybridized carbons (Fsp3) is 0.419. The molecule has 0 radical (unpaired) electrons. The first-order chi connectivity index (χ1) is 20.0. The van der Waals surface area contributed by atoms with Gasteiger partial charge in [-0.05, 0) is 69.9 Å². The minimum Gasteiger partial charge on any atom is -0.444 e. The molecule has 1 aromatic carbocycles. The van der Waals surface area contributed by atoms with Gasteiger partial charge in [-0.2, -0.15) is 4.39 Å². The summed E-state index contributed by atoms with van der Waals surface area (Å²) in [4.78, 5) is 37.3. The van der Waals surface area contributed by atoms with Crippen LogP contribution in [0.2, 0.25) is 5.15 Å². The number of nitrogens with zero attached hydrogens (tertiary/aromatic N) is 4. The van der Waals surface area contributed by atoms with E-state index in [1.54, 1.807) is 62.1 Å². The van der Waals surface area contributed by atoms with E-state index in [-0.39, 0.29) is 37.2 Å². The zero-order valence-corrected chi connectivity index (χ0v) is 24.7. The van der Waals surface area contributed by atoms with E-state index in [4.69, 9.17) is 16.3 Å². The number of aromatic nitrogens is 2. The van der Waals surface area contributed by atoms with Crippen molar-refractivity contribution < 1.29 is 28.9 Å². The number of likely N-dealkylation sites (tertiary alicyclic amines) is 1. The summed E-state index contributed by atoms with van der Waals surface area (Å²) in [6.45, 7) is 5.12. The highest BCUT2D eigenvalue weighted by atomic mass is 35.5. The molecule has 3 atom stereocenters. The maximum absolute atomic E-state index is 14.1. The number of benzene rings is 1. The molecule has 2 amide bonds. The highest BCUT2D eigenvalue weighted by molar-refractivity contribution is 6.29. The van der Waals surface area contributed by atoms with E-state index in [1.807, 2.05) is 12.1 Å². The third-order valence-electron chi connectivity index (χ3n) is 7.13. The number of rotatable bonds is 9. The number of ether oxygens (including phenoxy) is 1. The first-order valence-electron chi connectivity index (χ1n) is 13.9. The van der Waals surface area contributed by atoms with E-state index in [9.17, 15) is 24.2 Å². The van der Waals surface area contributed by atoms with Gasteiger partial charge in [-0.1, -0.05) is 35.9 Å². The second-order valence-electron chi connectivity index (χ2n) is 11.3. The Labute approximate surface area is 249 Å². The first-order valence-corrected chi connectivity index (χ1v) is 14.2. The van der Waals surface area contributed by atoms with Crippen LogP contribution in [0.5, 0.6) is 0 Å². The SMILES string of the molecule is CC(C)(C)OC(=O)N1[C@H](Cc2ccc(C(=O)N(CCO)Cc3cccnc3F)cc2)CC[C@@H]1[C@H](O)c1ccc(Cl)nc1. The zero-order chi connectivity index (χ0) is 30.4. The molecule has 9 nitrogen and oxygen atoms in total. The molecule has 1 aliphatic heterocycles. The molecule has 0 aliphatic carbocycles. The number of hydrogen-bond donors (Lipinski definition) is 2. The monoisotopic (exact) mass is 598 g/mol. The lowest BCUT2D eigenvalue weighted by Gasteiger charge is -2.34. The number of carbonyl (C=O) groups excluding carboxylic acids is 2. The quantitative estimate of drug-likeness (QED) is 0.335. The number of aliphatic hydroxyl groups is 2. The van der Waals surface area contributed by atoms with Gasteiger partial charge in [-0.15, -0.1) is 0 Å². The van der Waals surface area contributed by atoms with Crippen LogP contribution in [-0.2, 0) is 17.7 Å². The molecule has 3 heterocycles. The van der Waals surface area contributed by atoms with E-state index in [2.05, 4.69) is 9.97 Å². The van der Waals surface area contributed by atoms with Crippen LogP contribution in [-0.4, -0.2) is 72.8 Å². The molecule has 1 fully saturated rings. The minimum absolute atomic E-state index is 0.0272. The fourth-order valence-corrected chi connectivity index (χ4v) is 5.27. The van der Waals surface area contributed by atoms with E-state index in [1.165, 1.54) is 17.3 Å². The van der Waals surface area contributed by atoms with Crippen LogP contribution < -0.4 is 0 Å². The molecule has 3 aromatic rings. The highest BCUT2D eigenvalue weighted by Gasteiger charge is 2.43. The minimum atomic E-state index is -0.977. The van der Waals surface area contributed by atoms with Gasteiger partial charge in [0.1, 0.15) is 16.9 Å². The second-order valence-corrected chi connectivity index (χ2v) is 11.7. The maximum Gasteiger partial charge on any atom is 0.410 e. The van der Waals surface area contributed by atoms with Crippen molar-refractivity contribution in [1.29, 1.82) is 0 Å². The van der Waals surface area contributed by atoms with Crippen molar-refractivity contribution in [2.75, 3.05) is 13.2 Å². The average Bonchev–Trinajstić information content (AvgIpc) is 3.36. The Hall–Kier alpha value is -3.60. The molecular weight excluding hydrogens is 563 g/mol. The molecule has 0 bridgehead atoms. The highest BCUT2D eigenvalue weighted by Crippen LogP contribution is 2.36. The van der Waals surface area contributed by atoms with Crippen molar-refractivity contribution in [3.8, 4) is 0 Å². The number of halogens is 2. The zero-order valence-electron chi connectivity index (χ0n) is 23.9. The van der Waals surface area contributed by atoms with Gasteiger partial charge in [-0.3, -0.25) is 9.69 Å². The largest absolute Gasteiger partial charge is 0.444 e. The van der Waals surface area contributed by atoms with Crippen molar-refractivity contribution >= 4 is 23.6 Å². The van der Waals surface area contributed by atoms with Crippen LogP contribution in [0, 0.1) is 5.95 Å². The van der Waals surface area contributed by atoms with Gasteiger partial charge < -0.3 is 19.8 Å². The lowest BCUT2D eigenvalue weighted by atomic mass is 10.0. The van der Waals surface area contributed by atoms with Crippen molar-refractivity contribution in [2.45, 2.75) is 70.4 Å². The van der Waals surface area contributed by atoms with Crippen molar-refractivity contribution in [3.05, 3.63) is 94.3 Å². The van der Waals surface area contributed by atoms with Gasteiger partial charge in [-0.25, -0.2) is 14.8 Å². The molecule has 42 heavy (non-hydrogen) atoms. The predicted octanol–water partition coefficient (Wildman–Crippen LogP) is 4.95. The molecule has 1 saturated heterocycles. The molecule has 2 N–H and O–H groups in total. The van der Waals surface area contributed by atoms with Crippen LogP contribution in [0.1, 0.15) is 66.8 Å². The Balaban J connectivity index is 1.51. The van der Waals surface area contributed by atoms with Gasteiger partial charge >= 0.3 is 6.09 Å². The fourth-order valence-electron chi connectivity index (χ4n) is 5.16. The van der Waals surface area contributed by atoms with Crippen molar-refractivity contribution in [2.24, 2.45) is 0 Å². The van der Waals surface area contributed by atoms with E-state index in [0.29, 0.717) is 35.5 Å². The summed E-state index contributed by atoms with van der Waals surface area (Å²) in [5.74, 6) is -1.01. The number of amides is 2.